The van der Waals surface area contributed by atoms with Crippen LogP contribution < -0.4 is 33.2 Å². The third-order valence-electron chi connectivity index (χ3n) is 5.34. The van der Waals surface area contributed by atoms with Gasteiger partial charge in [-0.05, 0) is 37.2 Å². The molecular formula is C21H39N7O7S. The minimum absolute atomic E-state index is 0.0651. The van der Waals surface area contributed by atoms with Gasteiger partial charge in [0.15, 0.2) is 5.96 Å². The predicted octanol–water partition coefficient (Wildman–Crippen LogP) is -1.82. The summed E-state index contributed by atoms with van der Waals surface area (Å²) in [5.41, 5.74) is 16.5. The summed E-state index contributed by atoms with van der Waals surface area (Å²) < 4.78 is 0. The molecule has 0 heterocycles. The molecule has 0 saturated carbocycles. The normalized spacial score (nSPS) is 14.9. The summed E-state index contributed by atoms with van der Waals surface area (Å²) in [7, 11) is 0. The maximum Gasteiger partial charge on any atom is 0.326 e. The van der Waals surface area contributed by atoms with Crippen LogP contribution in [-0.4, -0.2) is 88.6 Å². The van der Waals surface area contributed by atoms with E-state index in [1.165, 1.54) is 11.8 Å². The largest absolute Gasteiger partial charge is 0.481 e. The minimum atomic E-state index is -1.58. The zero-order chi connectivity index (χ0) is 27.8. The first kappa shape index (κ1) is 32.9. The van der Waals surface area contributed by atoms with Gasteiger partial charge in [0, 0.05) is 6.54 Å². The Bertz CT molecular complexity index is 793. The van der Waals surface area contributed by atoms with E-state index < -0.39 is 66.2 Å². The number of aliphatic imine (C=N–C) groups is 1. The molecule has 0 aromatic heterocycles. The zero-order valence-corrected chi connectivity index (χ0v) is 21.7. The van der Waals surface area contributed by atoms with Crippen molar-refractivity contribution in [2.24, 2.45) is 28.1 Å². The molecule has 0 bridgehead atoms. The van der Waals surface area contributed by atoms with Gasteiger partial charge >= 0.3 is 11.9 Å². The number of thioether (sulfide) groups is 1. The highest BCUT2D eigenvalue weighted by Crippen LogP contribution is 2.09. The summed E-state index contributed by atoms with van der Waals surface area (Å²) in [6.07, 6.45) is 2.21. The number of guanidine groups is 1. The van der Waals surface area contributed by atoms with Gasteiger partial charge in [0.1, 0.15) is 18.1 Å². The Morgan fingerprint density at radius 1 is 0.944 bits per heavy atom. The van der Waals surface area contributed by atoms with E-state index in [1.807, 2.05) is 6.26 Å². The van der Waals surface area contributed by atoms with Crippen LogP contribution >= 0.6 is 11.8 Å². The van der Waals surface area contributed by atoms with Crippen LogP contribution in [0.25, 0.3) is 0 Å². The number of rotatable bonds is 18. The molecule has 0 saturated heterocycles. The molecule has 3 amide bonds. The number of nitrogens with one attached hydrogen (secondary N) is 3. The van der Waals surface area contributed by atoms with Gasteiger partial charge < -0.3 is 43.4 Å². The SMILES string of the molecule is CCC(C)C(NC(=O)C(CC(=O)O)NC(=O)C(CCCN=C(N)N)NC(=O)C(N)CCSC)C(=O)O. The van der Waals surface area contributed by atoms with Crippen molar-refractivity contribution in [1.29, 1.82) is 0 Å². The molecule has 0 aliphatic rings. The number of amides is 3. The molecule has 0 aromatic rings. The number of hydrogen-bond acceptors (Lipinski definition) is 8. The fourth-order valence-corrected chi connectivity index (χ4v) is 3.51. The molecule has 5 atom stereocenters. The van der Waals surface area contributed by atoms with Crippen LogP contribution in [0.3, 0.4) is 0 Å². The second kappa shape index (κ2) is 17.4. The van der Waals surface area contributed by atoms with E-state index in [0.29, 0.717) is 18.6 Å². The monoisotopic (exact) mass is 533 g/mol. The Balaban J connectivity index is 5.63. The highest BCUT2D eigenvalue weighted by molar-refractivity contribution is 7.98. The lowest BCUT2D eigenvalue weighted by molar-refractivity contribution is -0.144. The molecule has 15 heteroatoms. The highest BCUT2D eigenvalue weighted by Gasteiger charge is 2.32. The van der Waals surface area contributed by atoms with Gasteiger partial charge in [-0.25, -0.2) is 4.79 Å². The van der Waals surface area contributed by atoms with Gasteiger partial charge in [-0.2, -0.15) is 11.8 Å². The van der Waals surface area contributed by atoms with E-state index in [-0.39, 0.29) is 25.3 Å². The number of carbonyl (C=O) groups is 5. The van der Waals surface area contributed by atoms with Gasteiger partial charge in [-0.15, -0.1) is 0 Å². The van der Waals surface area contributed by atoms with Gasteiger partial charge in [0.25, 0.3) is 0 Å². The van der Waals surface area contributed by atoms with Crippen molar-refractivity contribution in [2.75, 3.05) is 18.6 Å². The number of aliphatic carboxylic acids is 2. The third-order valence-corrected chi connectivity index (χ3v) is 5.98. The van der Waals surface area contributed by atoms with E-state index in [9.17, 15) is 34.2 Å². The number of hydrogen-bond donors (Lipinski definition) is 8. The Morgan fingerprint density at radius 2 is 1.53 bits per heavy atom. The van der Waals surface area contributed by atoms with Crippen LogP contribution in [0, 0.1) is 5.92 Å². The molecule has 0 rings (SSSR count). The Hall–Kier alpha value is -3.07. The molecule has 14 nitrogen and oxygen atoms in total. The summed E-state index contributed by atoms with van der Waals surface area (Å²) in [5.74, 6) is -5.04. The Labute approximate surface area is 214 Å². The number of nitrogens with two attached hydrogens (primary N) is 3. The topological polar surface area (TPSA) is 252 Å². The van der Waals surface area contributed by atoms with Crippen LogP contribution in [0.1, 0.15) is 46.0 Å². The third kappa shape index (κ3) is 13.1. The molecule has 0 aromatic carbocycles. The first-order valence-electron chi connectivity index (χ1n) is 11.5. The van der Waals surface area contributed by atoms with E-state index in [2.05, 4.69) is 20.9 Å². The smallest absolute Gasteiger partial charge is 0.326 e. The Kier molecular flexibility index (Phi) is 15.9. The van der Waals surface area contributed by atoms with Crippen LogP contribution in [0.2, 0.25) is 0 Å². The van der Waals surface area contributed by atoms with Crippen molar-refractivity contribution >= 4 is 47.4 Å². The van der Waals surface area contributed by atoms with Crippen LogP contribution in [0.15, 0.2) is 4.99 Å². The zero-order valence-electron chi connectivity index (χ0n) is 20.9. The van der Waals surface area contributed by atoms with Crippen LogP contribution in [0.4, 0.5) is 0 Å². The fourth-order valence-electron chi connectivity index (χ4n) is 3.02. The molecule has 0 fully saturated rings. The van der Waals surface area contributed by atoms with Crippen molar-refractivity contribution in [1.82, 2.24) is 16.0 Å². The molecule has 36 heavy (non-hydrogen) atoms. The maximum atomic E-state index is 13.0. The quantitative estimate of drug-likeness (QED) is 0.0553. The van der Waals surface area contributed by atoms with Crippen molar-refractivity contribution in [3.63, 3.8) is 0 Å². The number of carboxylic acids is 2. The second-order valence-corrected chi connectivity index (χ2v) is 9.25. The number of nitrogens with zero attached hydrogens (tertiary/aromatic N) is 1. The average Bonchev–Trinajstić information content (AvgIpc) is 2.80. The first-order valence-corrected chi connectivity index (χ1v) is 12.9. The van der Waals surface area contributed by atoms with Gasteiger partial charge in [-0.3, -0.25) is 24.2 Å². The van der Waals surface area contributed by atoms with E-state index >= 15 is 0 Å². The van der Waals surface area contributed by atoms with Crippen molar-refractivity contribution in [3.8, 4) is 0 Å². The lowest BCUT2D eigenvalue weighted by Gasteiger charge is -2.26. The molecule has 0 aliphatic heterocycles. The molecule has 5 unspecified atom stereocenters. The predicted molar refractivity (Wildman–Crippen MR) is 136 cm³/mol. The summed E-state index contributed by atoms with van der Waals surface area (Å²) >= 11 is 1.50. The molecule has 0 aliphatic carbocycles. The van der Waals surface area contributed by atoms with Gasteiger partial charge in [0.05, 0.1) is 12.5 Å². The highest BCUT2D eigenvalue weighted by atomic mass is 32.2. The van der Waals surface area contributed by atoms with E-state index in [4.69, 9.17) is 17.2 Å². The summed E-state index contributed by atoms with van der Waals surface area (Å²) in [5, 5.41) is 25.8. The molecule has 11 N–H and O–H groups in total. The molecule has 0 radical (unpaired) electrons. The molecule has 0 spiro atoms. The molecular weight excluding hydrogens is 494 g/mol. The summed E-state index contributed by atoms with van der Waals surface area (Å²) in [6, 6.07) is -4.90. The number of carboxylic acid groups (broad SMARTS) is 2. The first-order chi connectivity index (χ1) is 16.8. The fraction of sp³-hybridized carbons (Fsp3) is 0.714. The van der Waals surface area contributed by atoms with Gasteiger partial charge in [0.2, 0.25) is 17.7 Å². The number of carbonyl (C=O) groups excluding carboxylic acids is 3. The van der Waals surface area contributed by atoms with Crippen molar-refractivity contribution in [3.05, 3.63) is 0 Å². The average molecular weight is 534 g/mol. The summed E-state index contributed by atoms with van der Waals surface area (Å²) in [6.45, 7) is 3.52. The lowest BCUT2D eigenvalue weighted by atomic mass is 9.98. The standard InChI is InChI=1S/C21H39N7O7S/c1-4-11(2)16(20(34)35)28-19(33)14(10-15(29)30)27-18(32)13(6-5-8-25-21(23)24)26-17(31)12(22)7-9-36-3/h11-14,16H,4-10,22H2,1-3H3,(H,26,31)(H,27,32)(H,28,33)(H,29,30)(H,34,35)(H4,23,24,25). The van der Waals surface area contributed by atoms with Crippen LogP contribution in [0.5, 0.6) is 0 Å². The Morgan fingerprint density at radius 3 is 2.03 bits per heavy atom. The second-order valence-electron chi connectivity index (χ2n) is 8.27. The van der Waals surface area contributed by atoms with E-state index in [0.717, 1.165) is 0 Å². The lowest BCUT2D eigenvalue weighted by Crippen LogP contribution is -2.58. The molecule has 206 valence electrons. The summed E-state index contributed by atoms with van der Waals surface area (Å²) in [4.78, 5) is 65.0. The van der Waals surface area contributed by atoms with Crippen LogP contribution in [-0.2, 0) is 24.0 Å². The van der Waals surface area contributed by atoms with E-state index in [1.54, 1.807) is 13.8 Å². The van der Waals surface area contributed by atoms with Crippen molar-refractivity contribution < 1.29 is 34.2 Å². The van der Waals surface area contributed by atoms with Crippen molar-refractivity contribution in [2.45, 2.75) is 70.1 Å². The minimum Gasteiger partial charge on any atom is -0.481 e. The maximum absolute atomic E-state index is 13.0. The van der Waals surface area contributed by atoms with Gasteiger partial charge in [-0.1, -0.05) is 20.3 Å².